The summed E-state index contributed by atoms with van der Waals surface area (Å²) in [7, 11) is 0. The Labute approximate surface area is 136 Å². The minimum absolute atomic E-state index is 0.0605. The number of nitrogens with zero attached hydrogens (tertiary/aromatic N) is 3. The molecule has 1 saturated heterocycles. The Hall–Kier alpha value is -2.27. The highest BCUT2D eigenvalue weighted by Gasteiger charge is 2.37. The zero-order chi connectivity index (χ0) is 16.2. The molecule has 2 unspecified atom stereocenters. The smallest absolute Gasteiger partial charge is 0.320 e. The molecular formula is C18H21N3O2. The SMILES string of the molecule is Cc1cccnc1C(Cc1ccccn1)N1CCCC1C(=O)O. The highest BCUT2D eigenvalue weighted by atomic mass is 16.4. The van der Waals surface area contributed by atoms with E-state index in [0.29, 0.717) is 12.8 Å². The van der Waals surface area contributed by atoms with Crippen molar-refractivity contribution in [3.8, 4) is 0 Å². The third kappa shape index (κ3) is 3.40. The summed E-state index contributed by atoms with van der Waals surface area (Å²) in [5.41, 5.74) is 2.99. The van der Waals surface area contributed by atoms with Gasteiger partial charge < -0.3 is 5.11 Å². The Morgan fingerprint density at radius 2 is 2.13 bits per heavy atom. The number of pyridine rings is 2. The van der Waals surface area contributed by atoms with Crippen LogP contribution in [-0.4, -0.2) is 38.5 Å². The van der Waals surface area contributed by atoms with E-state index in [0.717, 1.165) is 29.9 Å². The molecule has 0 saturated carbocycles. The highest BCUT2D eigenvalue weighted by molar-refractivity contribution is 5.73. The van der Waals surface area contributed by atoms with E-state index in [1.165, 1.54) is 0 Å². The summed E-state index contributed by atoms with van der Waals surface area (Å²) in [6, 6.07) is 9.27. The molecule has 0 aromatic carbocycles. The van der Waals surface area contributed by atoms with Crippen LogP contribution in [0.1, 0.15) is 35.8 Å². The summed E-state index contributed by atoms with van der Waals surface area (Å²) < 4.78 is 0. The normalized spacial score (nSPS) is 19.6. The lowest BCUT2D eigenvalue weighted by molar-refractivity contribution is -0.143. The van der Waals surface area contributed by atoms with Crippen LogP contribution in [0.3, 0.4) is 0 Å². The van der Waals surface area contributed by atoms with Crippen LogP contribution in [0.2, 0.25) is 0 Å². The molecule has 0 amide bonds. The minimum atomic E-state index is -0.748. The highest BCUT2D eigenvalue weighted by Crippen LogP contribution is 2.32. The van der Waals surface area contributed by atoms with Crippen molar-refractivity contribution in [2.24, 2.45) is 0 Å². The average Bonchev–Trinajstić information content (AvgIpc) is 3.04. The van der Waals surface area contributed by atoms with E-state index in [1.807, 2.05) is 37.3 Å². The molecule has 1 fully saturated rings. The van der Waals surface area contributed by atoms with Crippen LogP contribution in [0.15, 0.2) is 42.7 Å². The van der Waals surface area contributed by atoms with Gasteiger partial charge in [0.25, 0.3) is 0 Å². The van der Waals surface area contributed by atoms with Crippen LogP contribution in [0.25, 0.3) is 0 Å². The van der Waals surface area contributed by atoms with E-state index in [9.17, 15) is 9.90 Å². The summed E-state index contributed by atoms with van der Waals surface area (Å²) in [5.74, 6) is -0.748. The summed E-state index contributed by atoms with van der Waals surface area (Å²) in [4.78, 5) is 22.6. The van der Waals surface area contributed by atoms with Gasteiger partial charge in [-0.2, -0.15) is 0 Å². The van der Waals surface area contributed by atoms with Gasteiger partial charge in [0.1, 0.15) is 6.04 Å². The zero-order valence-corrected chi connectivity index (χ0v) is 13.2. The van der Waals surface area contributed by atoms with Crippen LogP contribution in [0.4, 0.5) is 0 Å². The molecule has 1 N–H and O–H groups in total. The number of likely N-dealkylation sites (tertiary alicyclic amines) is 1. The number of hydrogen-bond acceptors (Lipinski definition) is 4. The first-order chi connectivity index (χ1) is 11.2. The molecular weight excluding hydrogens is 290 g/mol. The van der Waals surface area contributed by atoms with Gasteiger partial charge in [-0.05, 0) is 50.1 Å². The number of hydrogen-bond donors (Lipinski definition) is 1. The Kier molecular flexibility index (Phi) is 4.67. The van der Waals surface area contributed by atoms with Gasteiger partial charge in [0.15, 0.2) is 0 Å². The molecule has 3 heterocycles. The van der Waals surface area contributed by atoms with Crippen LogP contribution in [0.5, 0.6) is 0 Å². The molecule has 120 valence electrons. The lowest BCUT2D eigenvalue weighted by atomic mass is 10.00. The van der Waals surface area contributed by atoms with Gasteiger partial charge in [0, 0.05) is 24.5 Å². The minimum Gasteiger partial charge on any atom is -0.480 e. The molecule has 2 aromatic rings. The number of rotatable bonds is 5. The fourth-order valence-electron chi connectivity index (χ4n) is 3.36. The zero-order valence-electron chi connectivity index (χ0n) is 13.2. The number of aryl methyl sites for hydroxylation is 1. The quantitative estimate of drug-likeness (QED) is 0.919. The van der Waals surface area contributed by atoms with E-state index in [-0.39, 0.29) is 6.04 Å². The van der Waals surface area contributed by atoms with Crippen molar-refractivity contribution in [1.82, 2.24) is 14.9 Å². The molecule has 23 heavy (non-hydrogen) atoms. The maximum Gasteiger partial charge on any atom is 0.320 e. The first-order valence-electron chi connectivity index (χ1n) is 7.97. The first-order valence-corrected chi connectivity index (χ1v) is 7.97. The molecule has 3 rings (SSSR count). The monoisotopic (exact) mass is 311 g/mol. The fraction of sp³-hybridized carbons (Fsp3) is 0.389. The van der Waals surface area contributed by atoms with Crippen molar-refractivity contribution in [3.05, 3.63) is 59.7 Å². The maximum atomic E-state index is 11.6. The summed E-state index contributed by atoms with van der Waals surface area (Å²) in [6.07, 6.45) is 5.82. The second kappa shape index (κ2) is 6.87. The van der Waals surface area contributed by atoms with Crippen LogP contribution in [-0.2, 0) is 11.2 Å². The largest absolute Gasteiger partial charge is 0.480 e. The average molecular weight is 311 g/mol. The Morgan fingerprint density at radius 3 is 2.83 bits per heavy atom. The predicted molar refractivity (Wildman–Crippen MR) is 87.0 cm³/mol. The summed E-state index contributed by atoms with van der Waals surface area (Å²) in [5, 5.41) is 9.54. The lowest BCUT2D eigenvalue weighted by Gasteiger charge is -2.31. The van der Waals surface area contributed by atoms with E-state index in [2.05, 4.69) is 14.9 Å². The number of aromatic nitrogens is 2. The molecule has 5 nitrogen and oxygen atoms in total. The van der Waals surface area contributed by atoms with Gasteiger partial charge >= 0.3 is 5.97 Å². The van der Waals surface area contributed by atoms with E-state index >= 15 is 0 Å². The number of carboxylic acids is 1. The van der Waals surface area contributed by atoms with Gasteiger partial charge in [-0.15, -0.1) is 0 Å². The topological polar surface area (TPSA) is 66.3 Å². The molecule has 5 heteroatoms. The van der Waals surface area contributed by atoms with Crippen LogP contribution < -0.4 is 0 Å². The van der Waals surface area contributed by atoms with E-state index in [4.69, 9.17) is 0 Å². The van der Waals surface area contributed by atoms with E-state index in [1.54, 1.807) is 12.4 Å². The summed E-state index contributed by atoms with van der Waals surface area (Å²) in [6.45, 7) is 2.81. The predicted octanol–water partition coefficient (Wildman–Crippen LogP) is 2.62. The second-order valence-corrected chi connectivity index (χ2v) is 5.98. The van der Waals surface area contributed by atoms with Gasteiger partial charge in [-0.1, -0.05) is 12.1 Å². The van der Waals surface area contributed by atoms with E-state index < -0.39 is 12.0 Å². The van der Waals surface area contributed by atoms with Gasteiger partial charge in [-0.3, -0.25) is 19.7 Å². The molecule has 1 aliphatic heterocycles. The van der Waals surface area contributed by atoms with Crippen molar-refractivity contribution in [3.63, 3.8) is 0 Å². The van der Waals surface area contributed by atoms with Crippen molar-refractivity contribution in [2.75, 3.05) is 6.54 Å². The molecule has 0 spiro atoms. The number of carboxylic acid groups (broad SMARTS) is 1. The van der Waals surface area contributed by atoms with Crippen molar-refractivity contribution in [2.45, 2.75) is 38.3 Å². The molecule has 1 aliphatic rings. The first kappa shape index (κ1) is 15.6. The van der Waals surface area contributed by atoms with Gasteiger partial charge in [0.2, 0.25) is 0 Å². The van der Waals surface area contributed by atoms with Gasteiger partial charge in [-0.25, -0.2) is 0 Å². The Morgan fingerprint density at radius 1 is 1.30 bits per heavy atom. The van der Waals surface area contributed by atoms with Crippen LogP contribution in [0, 0.1) is 6.92 Å². The standard InChI is InChI=1S/C18H21N3O2/c1-13-6-4-10-20-17(13)16(12-14-7-2-3-9-19-14)21-11-5-8-15(21)18(22)23/h2-4,6-7,9-10,15-16H,5,8,11-12H2,1H3,(H,22,23). The van der Waals surface area contributed by atoms with Crippen molar-refractivity contribution in [1.29, 1.82) is 0 Å². The number of carbonyl (C=O) groups is 1. The van der Waals surface area contributed by atoms with Crippen molar-refractivity contribution >= 4 is 5.97 Å². The maximum absolute atomic E-state index is 11.6. The lowest BCUT2D eigenvalue weighted by Crippen LogP contribution is -2.40. The van der Waals surface area contributed by atoms with Gasteiger partial charge in [0.05, 0.1) is 11.7 Å². The molecule has 2 aromatic heterocycles. The Balaban J connectivity index is 1.96. The van der Waals surface area contributed by atoms with Crippen molar-refractivity contribution < 1.29 is 9.90 Å². The Bertz CT molecular complexity index is 675. The third-order valence-electron chi connectivity index (χ3n) is 4.47. The molecule has 2 atom stereocenters. The third-order valence-corrected chi connectivity index (χ3v) is 4.47. The fourth-order valence-corrected chi connectivity index (χ4v) is 3.36. The molecule has 0 bridgehead atoms. The number of aliphatic carboxylic acids is 1. The second-order valence-electron chi connectivity index (χ2n) is 5.98. The molecule has 0 radical (unpaired) electrons. The van der Waals surface area contributed by atoms with Crippen LogP contribution >= 0.6 is 0 Å². The molecule has 0 aliphatic carbocycles. The summed E-state index contributed by atoms with van der Waals surface area (Å²) >= 11 is 0.